The minimum Gasteiger partial charge on any atom is -0.490 e. The summed E-state index contributed by atoms with van der Waals surface area (Å²) in [4.78, 5) is 4.00. The van der Waals surface area contributed by atoms with Crippen molar-refractivity contribution in [1.29, 1.82) is 0 Å². The molecule has 3 nitrogen and oxygen atoms in total. The number of hydrogen-bond acceptors (Lipinski definition) is 3. The van der Waals surface area contributed by atoms with Gasteiger partial charge in [-0.15, -0.1) is 0 Å². The summed E-state index contributed by atoms with van der Waals surface area (Å²) in [6, 6.07) is 4.70. The fourth-order valence-corrected chi connectivity index (χ4v) is 1.69. The predicted molar refractivity (Wildman–Crippen MR) is 63.4 cm³/mol. The van der Waals surface area contributed by atoms with E-state index in [1.165, 1.54) is 12.3 Å². The first-order valence-corrected chi connectivity index (χ1v) is 5.47. The van der Waals surface area contributed by atoms with Crippen LogP contribution in [0.2, 0.25) is 0 Å². The molecule has 0 amide bonds. The Labute approximate surface area is 98.9 Å². The molecule has 0 atom stereocenters. The molecule has 0 aliphatic rings. The zero-order valence-electron chi connectivity index (χ0n) is 9.77. The van der Waals surface area contributed by atoms with Crippen molar-refractivity contribution in [2.75, 3.05) is 0 Å². The van der Waals surface area contributed by atoms with E-state index in [1.54, 1.807) is 12.1 Å². The Balaban J connectivity index is 2.70. The number of para-hydroxylation sites is 1. The third-order valence-electron chi connectivity index (χ3n) is 2.40. The topological polar surface area (TPSA) is 42.4 Å². The highest BCUT2D eigenvalue weighted by Crippen LogP contribution is 2.30. The van der Waals surface area contributed by atoms with E-state index in [1.807, 2.05) is 13.8 Å². The average molecular weight is 235 g/mol. The molecular formula is C13H14FNO2. The lowest BCUT2D eigenvalue weighted by molar-refractivity contribution is 0.228. The second-order valence-corrected chi connectivity index (χ2v) is 4.07. The van der Waals surface area contributed by atoms with E-state index < -0.39 is 0 Å². The minimum absolute atomic E-state index is 0.0471. The SMILES string of the molecule is CC(C)Oc1c(CO)cnc2c(F)cccc12. The van der Waals surface area contributed by atoms with Crippen LogP contribution in [-0.4, -0.2) is 16.2 Å². The number of halogens is 1. The molecule has 1 aromatic heterocycles. The van der Waals surface area contributed by atoms with E-state index in [9.17, 15) is 9.50 Å². The van der Waals surface area contributed by atoms with Crippen molar-refractivity contribution in [3.05, 3.63) is 35.8 Å². The second-order valence-electron chi connectivity index (χ2n) is 4.07. The highest BCUT2D eigenvalue weighted by atomic mass is 19.1. The Morgan fingerprint density at radius 2 is 2.18 bits per heavy atom. The van der Waals surface area contributed by atoms with E-state index in [0.717, 1.165) is 0 Å². The summed E-state index contributed by atoms with van der Waals surface area (Å²) in [5.41, 5.74) is 0.831. The van der Waals surface area contributed by atoms with Crippen molar-refractivity contribution in [2.45, 2.75) is 26.6 Å². The standard InChI is InChI=1S/C13H14FNO2/c1-8(2)17-13-9(7-16)6-15-12-10(13)4-3-5-11(12)14/h3-6,8,16H,7H2,1-2H3. The van der Waals surface area contributed by atoms with E-state index in [2.05, 4.69) is 4.98 Å². The third kappa shape index (κ3) is 2.22. The molecule has 0 aliphatic heterocycles. The molecule has 17 heavy (non-hydrogen) atoms. The first kappa shape index (κ1) is 11.8. The first-order chi connectivity index (χ1) is 8.13. The van der Waals surface area contributed by atoms with Gasteiger partial charge < -0.3 is 9.84 Å². The van der Waals surface area contributed by atoms with Crippen molar-refractivity contribution in [3.8, 4) is 5.75 Å². The van der Waals surface area contributed by atoms with Crippen LogP contribution in [0.25, 0.3) is 10.9 Å². The smallest absolute Gasteiger partial charge is 0.149 e. The maximum absolute atomic E-state index is 13.6. The van der Waals surface area contributed by atoms with Gasteiger partial charge in [-0.2, -0.15) is 0 Å². The fraction of sp³-hybridized carbons (Fsp3) is 0.308. The molecule has 2 aromatic rings. The van der Waals surface area contributed by atoms with Crippen LogP contribution in [0.4, 0.5) is 4.39 Å². The molecule has 2 rings (SSSR count). The van der Waals surface area contributed by atoms with Crippen molar-refractivity contribution in [2.24, 2.45) is 0 Å². The molecule has 0 spiro atoms. The first-order valence-electron chi connectivity index (χ1n) is 5.47. The van der Waals surface area contributed by atoms with Crippen LogP contribution >= 0.6 is 0 Å². The van der Waals surface area contributed by atoms with Crippen LogP contribution in [0.5, 0.6) is 5.75 Å². The largest absolute Gasteiger partial charge is 0.490 e. The summed E-state index contributed by atoms with van der Waals surface area (Å²) >= 11 is 0. The number of pyridine rings is 1. The Morgan fingerprint density at radius 1 is 1.41 bits per heavy atom. The average Bonchev–Trinajstić information content (AvgIpc) is 2.29. The van der Waals surface area contributed by atoms with Gasteiger partial charge in [0, 0.05) is 17.1 Å². The molecule has 0 saturated carbocycles. The number of hydrogen-bond donors (Lipinski definition) is 1. The van der Waals surface area contributed by atoms with Crippen LogP contribution in [0.1, 0.15) is 19.4 Å². The van der Waals surface area contributed by atoms with Crippen LogP contribution in [0.3, 0.4) is 0 Å². The Bertz CT molecular complexity index is 540. The van der Waals surface area contributed by atoms with Gasteiger partial charge in [0.1, 0.15) is 17.1 Å². The van der Waals surface area contributed by atoms with Gasteiger partial charge in [-0.3, -0.25) is 4.98 Å². The number of nitrogens with zero attached hydrogens (tertiary/aromatic N) is 1. The van der Waals surface area contributed by atoms with Crippen molar-refractivity contribution >= 4 is 10.9 Å². The molecular weight excluding hydrogens is 221 g/mol. The molecule has 0 fully saturated rings. The summed E-state index contributed by atoms with van der Waals surface area (Å²) in [5.74, 6) is 0.118. The van der Waals surface area contributed by atoms with Crippen LogP contribution < -0.4 is 4.74 Å². The molecule has 1 aromatic carbocycles. The highest BCUT2D eigenvalue weighted by molar-refractivity contribution is 5.86. The molecule has 0 unspecified atom stereocenters. The Morgan fingerprint density at radius 3 is 2.82 bits per heavy atom. The molecule has 0 bridgehead atoms. The van der Waals surface area contributed by atoms with Crippen LogP contribution in [-0.2, 0) is 6.61 Å². The molecule has 0 aliphatic carbocycles. The number of aliphatic hydroxyl groups is 1. The van der Waals surface area contributed by atoms with Crippen LogP contribution in [0.15, 0.2) is 24.4 Å². The zero-order chi connectivity index (χ0) is 12.4. The summed E-state index contributed by atoms with van der Waals surface area (Å²) in [6.45, 7) is 3.58. The monoisotopic (exact) mass is 235 g/mol. The summed E-state index contributed by atoms with van der Waals surface area (Å²) in [5, 5.41) is 9.83. The highest BCUT2D eigenvalue weighted by Gasteiger charge is 2.13. The second kappa shape index (κ2) is 4.67. The Kier molecular flexibility index (Phi) is 3.24. The number of rotatable bonds is 3. The number of fused-ring (bicyclic) bond motifs is 1. The summed E-state index contributed by atoms with van der Waals surface area (Å²) < 4.78 is 19.2. The van der Waals surface area contributed by atoms with E-state index in [4.69, 9.17) is 4.74 Å². The van der Waals surface area contributed by atoms with Gasteiger partial charge >= 0.3 is 0 Å². The van der Waals surface area contributed by atoms with Gasteiger partial charge in [0.25, 0.3) is 0 Å². The van der Waals surface area contributed by atoms with E-state index in [-0.39, 0.29) is 24.0 Å². The number of aliphatic hydroxyl groups excluding tert-OH is 1. The zero-order valence-corrected chi connectivity index (χ0v) is 9.77. The number of benzene rings is 1. The molecule has 4 heteroatoms. The van der Waals surface area contributed by atoms with E-state index >= 15 is 0 Å². The summed E-state index contributed by atoms with van der Waals surface area (Å²) in [6.07, 6.45) is 1.40. The lowest BCUT2D eigenvalue weighted by Gasteiger charge is -2.15. The van der Waals surface area contributed by atoms with E-state index in [0.29, 0.717) is 16.7 Å². The summed E-state index contributed by atoms with van der Waals surface area (Å²) in [7, 11) is 0. The third-order valence-corrected chi connectivity index (χ3v) is 2.40. The quantitative estimate of drug-likeness (QED) is 0.889. The minimum atomic E-state index is -0.388. The van der Waals surface area contributed by atoms with Gasteiger partial charge in [-0.05, 0) is 26.0 Å². The molecule has 1 N–H and O–H groups in total. The van der Waals surface area contributed by atoms with Gasteiger partial charge in [0.15, 0.2) is 0 Å². The molecule has 0 saturated heterocycles. The number of ether oxygens (including phenoxy) is 1. The lowest BCUT2D eigenvalue weighted by atomic mass is 10.1. The normalized spacial score (nSPS) is 11.1. The predicted octanol–water partition coefficient (Wildman–Crippen LogP) is 2.65. The number of aromatic nitrogens is 1. The molecule has 0 radical (unpaired) electrons. The fourth-order valence-electron chi connectivity index (χ4n) is 1.69. The van der Waals surface area contributed by atoms with Gasteiger partial charge in [0.05, 0.1) is 12.7 Å². The van der Waals surface area contributed by atoms with Gasteiger partial charge in [-0.1, -0.05) is 6.07 Å². The van der Waals surface area contributed by atoms with Crippen molar-refractivity contribution in [1.82, 2.24) is 4.98 Å². The molecule has 90 valence electrons. The van der Waals surface area contributed by atoms with Crippen molar-refractivity contribution in [3.63, 3.8) is 0 Å². The van der Waals surface area contributed by atoms with Crippen LogP contribution in [0, 0.1) is 5.82 Å². The maximum Gasteiger partial charge on any atom is 0.149 e. The molecule has 1 heterocycles. The van der Waals surface area contributed by atoms with Crippen molar-refractivity contribution < 1.29 is 14.2 Å². The van der Waals surface area contributed by atoms with Gasteiger partial charge in [0.2, 0.25) is 0 Å². The Hall–Kier alpha value is -1.68. The van der Waals surface area contributed by atoms with Gasteiger partial charge in [-0.25, -0.2) is 4.39 Å². The lowest BCUT2D eigenvalue weighted by Crippen LogP contribution is -2.08. The maximum atomic E-state index is 13.6.